The lowest BCUT2D eigenvalue weighted by Crippen LogP contribution is -2.23. The smallest absolute Gasteiger partial charge is 0.240 e. The van der Waals surface area contributed by atoms with Crippen LogP contribution in [0.15, 0.2) is 55.3 Å². The maximum atomic E-state index is 13.0. The van der Waals surface area contributed by atoms with Gasteiger partial charge in [0.05, 0.1) is 27.2 Å². The number of H-pyrrole nitrogens is 1. The average molecular weight is 549 g/mol. The number of anilines is 1. The third-order valence-electron chi connectivity index (χ3n) is 4.85. The van der Waals surface area contributed by atoms with Gasteiger partial charge in [0, 0.05) is 5.56 Å². The molecule has 1 aromatic heterocycles. The topological polar surface area (TPSA) is 212 Å². The van der Waals surface area contributed by atoms with Crippen molar-refractivity contribution >= 4 is 67.5 Å². The molecular weight excluding hydrogens is 527 g/mol. The predicted molar refractivity (Wildman–Crippen MR) is 134 cm³/mol. The van der Waals surface area contributed by atoms with Crippen LogP contribution in [-0.2, 0) is 19.9 Å². The Balaban J connectivity index is 0.00000204. The second-order valence-corrected chi connectivity index (χ2v) is 10.6. The molecule has 0 saturated carbocycles. The van der Waals surface area contributed by atoms with E-state index in [1.165, 1.54) is 12.1 Å². The summed E-state index contributed by atoms with van der Waals surface area (Å²) < 4.78 is 51.4. The second kappa shape index (κ2) is 10.3. The normalized spacial score (nSPS) is 13.4. The van der Waals surface area contributed by atoms with E-state index in [-0.39, 0.29) is 67.5 Å². The van der Waals surface area contributed by atoms with Gasteiger partial charge in [0.1, 0.15) is 4.90 Å². The van der Waals surface area contributed by atoms with Crippen molar-refractivity contribution in [3.05, 3.63) is 35.9 Å². The van der Waals surface area contributed by atoms with Crippen LogP contribution in [0.1, 0.15) is 12.0 Å². The SMILES string of the molecule is Cl.Cl.NCCCS(=O)(=O)c1ccc(-c2cccc3[nH]c(N)nc23)c(C2=NCN=N2)c1S(N)(=O)=O. The van der Waals surface area contributed by atoms with Gasteiger partial charge in [-0.25, -0.2) is 32.0 Å². The number of nitrogens with one attached hydrogen (secondary N) is 1. The van der Waals surface area contributed by atoms with Gasteiger partial charge in [-0.15, -0.1) is 29.9 Å². The first-order valence-electron chi connectivity index (χ1n) is 9.43. The summed E-state index contributed by atoms with van der Waals surface area (Å²) >= 11 is 0. The number of hydrogen-bond donors (Lipinski definition) is 4. The highest BCUT2D eigenvalue weighted by molar-refractivity contribution is 7.93. The molecule has 0 atom stereocenters. The van der Waals surface area contributed by atoms with Crippen molar-refractivity contribution in [3.8, 4) is 11.1 Å². The number of primary sulfonamides is 1. The number of para-hydroxylation sites is 1. The molecule has 1 aliphatic heterocycles. The highest BCUT2D eigenvalue weighted by Gasteiger charge is 2.32. The highest BCUT2D eigenvalue weighted by Crippen LogP contribution is 2.37. The van der Waals surface area contributed by atoms with Crippen LogP contribution in [0, 0.1) is 0 Å². The molecule has 0 aliphatic carbocycles. The van der Waals surface area contributed by atoms with Crippen molar-refractivity contribution < 1.29 is 16.8 Å². The summed E-state index contributed by atoms with van der Waals surface area (Å²) in [4.78, 5) is 10.3. The molecule has 0 fully saturated rings. The number of nitrogens with zero attached hydrogens (tertiary/aromatic N) is 4. The van der Waals surface area contributed by atoms with Crippen molar-refractivity contribution in [1.29, 1.82) is 0 Å². The first-order valence-corrected chi connectivity index (χ1v) is 12.6. The van der Waals surface area contributed by atoms with Crippen molar-refractivity contribution in [1.82, 2.24) is 9.97 Å². The molecule has 16 heteroatoms. The number of aromatic nitrogens is 2. The number of fused-ring (bicyclic) bond motifs is 1. The first-order chi connectivity index (χ1) is 15.1. The van der Waals surface area contributed by atoms with Crippen LogP contribution in [0.25, 0.3) is 22.2 Å². The Hall–Kier alpha value is -2.62. The van der Waals surface area contributed by atoms with Crippen LogP contribution in [0.2, 0.25) is 0 Å². The minimum atomic E-state index is -4.53. The molecule has 2 aromatic carbocycles. The van der Waals surface area contributed by atoms with Gasteiger partial charge in [0.2, 0.25) is 10.0 Å². The summed E-state index contributed by atoms with van der Waals surface area (Å²) in [6, 6.07) is 7.87. The largest absolute Gasteiger partial charge is 0.369 e. The zero-order valence-corrected chi connectivity index (χ0v) is 20.8. The first kappa shape index (κ1) is 27.6. The highest BCUT2D eigenvalue weighted by atomic mass is 35.5. The third kappa shape index (κ3) is 5.06. The number of imidazole rings is 1. The van der Waals surface area contributed by atoms with Crippen LogP contribution >= 0.6 is 24.8 Å². The number of benzene rings is 2. The number of aromatic amines is 1. The van der Waals surface area contributed by atoms with Crippen LogP contribution in [-0.4, -0.2) is 51.6 Å². The molecule has 0 saturated heterocycles. The van der Waals surface area contributed by atoms with Crippen LogP contribution < -0.4 is 16.6 Å². The Morgan fingerprint density at radius 3 is 2.38 bits per heavy atom. The molecule has 0 bridgehead atoms. The van der Waals surface area contributed by atoms with Gasteiger partial charge in [0.15, 0.2) is 28.3 Å². The molecule has 0 radical (unpaired) electrons. The van der Waals surface area contributed by atoms with E-state index >= 15 is 0 Å². The van der Waals surface area contributed by atoms with E-state index in [1.807, 2.05) is 0 Å². The van der Waals surface area contributed by atoms with Gasteiger partial charge in [-0.2, -0.15) is 5.11 Å². The lowest BCUT2D eigenvalue weighted by atomic mass is 9.97. The van der Waals surface area contributed by atoms with Crippen LogP contribution in [0.3, 0.4) is 0 Å². The standard InChI is InChI=1S/C18H20N8O4S2.2ClH/c19-7-2-8-31(27,28)13-6-5-10(11-3-1-4-12-15(11)25-18(20)24-12)14(16(13)32(21,29)30)17-22-9-23-26-17;;/h1,3-6H,2,7-9,19H2,(H3,20,24,25)(H2,21,29,30);2*1H. The number of sulfone groups is 1. The Labute approximate surface area is 207 Å². The van der Waals surface area contributed by atoms with E-state index in [0.29, 0.717) is 22.2 Å². The zero-order chi connectivity index (χ0) is 23.1. The summed E-state index contributed by atoms with van der Waals surface area (Å²) in [6.45, 7) is 0.0981. The van der Waals surface area contributed by atoms with Gasteiger partial charge in [-0.1, -0.05) is 18.2 Å². The van der Waals surface area contributed by atoms with Crippen molar-refractivity contribution in [2.24, 2.45) is 26.1 Å². The lowest BCUT2D eigenvalue weighted by molar-refractivity contribution is 0.582. The van der Waals surface area contributed by atoms with E-state index < -0.39 is 29.7 Å². The number of azo groups is 1. The molecule has 1 aliphatic rings. The van der Waals surface area contributed by atoms with Gasteiger partial charge >= 0.3 is 0 Å². The molecular formula is C18H22Cl2N8O4S2. The van der Waals surface area contributed by atoms with Gasteiger partial charge in [-0.3, -0.25) is 0 Å². The fraction of sp³-hybridized carbons (Fsp3) is 0.222. The van der Waals surface area contributed by atoms with Crippen molar-refractivity contribution in [2.45, 2.75) is 16.2 Å². The molecule has 184 valence electrons. The van der Waals surface area contributed by atoms with Crippen molar-refractivity contribution in [3.63, 3.8) is 0 Å². The Bertz CT molecular complexity index is 1500. The van der Waals surface area contributed by atoms with Crippen LogP contribution in [0.5, 0.6) is 0 Å². The molecule has 2 heterocycles. The number of aliphatic imine (C=N–C) groups is 1. The fourth-order valence-corrected chi connectivity index (χ4v) is 6.54. The van der Waals surface area contributed by atoms with E-state index in [1.54, 1.807) is 18.2 Å². The van der Waals surface area contributed by atoms with Gasteiger partial charge < -0.3 is 16.5 Å². The Kier molecular flexibility index (Phi) is 8.39. The average Bonchev–Trinajstić information content (AvgIpc) is 3.39. The molecule has 0 amide bonds. The number of sulfonamides is 1. The van der Waals surface area contributed by atoms with E-state index in [0.717, 1.165) is 0 Å². The summed E-state index contributed by atoms with van der Waals surface area (Å²) in [5.74, 6) is -0.218. The number of nitrogens with two attached hydrogens (primary N) is 3. The summed E-state index contributed by atoms with van der Waals surface area (Å²) in [5.41, 5.74) is 13.1. The van der Waals surface area contributed by atoms with Gasteiger partial charge in [0.25, 0.3) is 0 Å². The molecule has 7 N–H and O–H groups in total. The lowest BCUT2D eigenvalue weighted by Gasteiger charge is -2.17. The monoisotopic (exact) mass is 548 g/mol. The summed E-state index contributed by atoms with van der Waals surface area (Å²) in [7, 11) is -8.57. The van der Waals surface area contributed by atoms with E-state index in [2.05, 4.69) is 25.2 Å². The summed E-state index contributed by atoms with van der Waals surface area (Å²) in [5, 5.41) is 13.2. The maximum absolute atomic E-state index is 13.0. The number of amidine groups is 1. The molecule has 0 unspecified atom stereocenters. The fourth-order valence-electron chi connectivity index (χ4n) is 3.55. The van der Waals surface area contributed by atoms with Crippen molar-refractivity contribution in [2.75, 3.05) is 24.7 Å². The molecule has 0 spiro atoms. The van der Waals surface area contributed by atoms with Crippen LogP contribution in [0.4, 0.5) is 5.95 Å². The number of hydrogen-bond acceptors (Lipinski definition) is 10. The third-order valence-corrected chi connectivity index (χ3v) is 7.81. The molecule has 3 aromatic rings. The number of halogens is 2. The molecule has 12 nitrogen and oxygen atoms in total. The van der Waals surface area contributed by atoms with E-state index in [9.17, 15) is 16.8 Å². The quantitative estimate of drug-likeness (QED) is 0.341. The van der Waals surface area contributed by atoms with Gasteiger partial charge in [-0.05, 0) is 30.7 Å². The summed E-state index contributed by atoms with van der Waals surface area (Å²) in [6.07, 6.45) is 0.149. The molecule has 34 heavy (non-hydrogen) atoms. The number of nitrogen functional groups attached to an aromatic ring is 1. The zero-order valence-electron chi connectivity index (χ0n) is 17.5. The minimum absolute atomic E-state index is 0. The minimum Gasteiger partial charge on any atom is -0.369 e. The Morgan fingerprint density at radius 1 is 1.03 bits per heavy atom. The number of rotatable bonds is 7. The second-order valence-electron chi connectivity index (χ2n) is 7.01. The molecule has 4 rings (SSSR count). The predicted octanol–water partition coefficient (Wildman–Crippen LogP) is 1.60. The van der Waals surface area contributed by atoms with E-state index in [4.69, 9.17) is 16.6 Å². The maximum Gasteiger partial charge on any atom is 0.240 e. The Morgan fingerprint density at radius 2 is 1.76 bits per heavy atom.